The smallest absolute Gasteiger partial charge is 0.194 e. The van der Waals surface area contributed by atoms with Crippen LogP contribution < -0.4 is 5.32 Å². The highest BCUT2D eigenvalue weighted by atomic mass is 32.2. The number of nitrogens with zero attached hydrogens (tertiary/aromatic N) is 2. The zero-order chi connectivity index (χ0) is 11.9. The zero-order valence-electron chi connectivity index (χ0n) is 9.96. The highest BCUT2D eigenvalue weighted by Gasteiger charge is 2.25. The largest absolute Gasteiger partial charge is 0.379 e. The summed E-state index contributed by atoms with van der Waals surface area (Å²) in [6.45, 7) is 2.66. The summed E-state index contributed by atoms with van der Waals surface area (Å²) in [5.74, 6) is 0. The fourth-order valence-corrected chi connectivity index (χ4v) is 3.92. The van der Waals surface area contributed by atoms with E-state index in [1.165, 1.54) is 23.6 Å². The minimum atomic E-state index is 0.592. The molecule has 1 saturated heterocycles. The minimum absolute atomic E-state index is 0.592. The predicted molar refractivity (Wildman–Crippen MR) is 73.4 cm³/mol. The van der Waals surface area contributed by atoms with Gasteiger partial charge in [-0.15, -0.1) is 11.3 Å². The molecule has 2 aliphatic rings. The molecule has 2 fully saturated rings. The van der Waals surface area contributed by atoms with Crippen molar-refractivity contribution in [2.75, 3.05) is 13.2 Å². The zero-order valence-corrected chi connectivity index (χ0v) is 11.6. The molecule has 3 heterocycles. The molecule has 1 N–H and O–H groups in total. The Morgan fingerprint density at radius 1 is 1.50 bits per heavy atom. The molecule has 2 aromatic rings. The van der Waals surface area contributed by atoms with Gasteiger partial charge in [0.1, 0.15) is 5.03 Å². The molecular weight excluding hydrogens is 266 g/mol. The number of hydrogen-bond donors (Lipinski definition) is 1. The summed E-state index contributed by atoms with van der Waals surface area (Å²) >= 11 is 3.57. The van der Waals surface area contributed by atoms with Gasteiger partial charge in [0.15, 0.2) is 4.96 Å². The molecule has 0 amide bonds. The van der Waals surface area contributed by atoms with Crippen LogP contribution in [0.3, 0.4) is 0 Å². The molecule has 1 aliphatic carbocycles. The Bertz CT molecular complexity index is 557. The van der Waals surface area contributed by atoms with E-state index in [9.17, 15) is 0 Å². The molecule has 0 atom stereocenters. The lowest BCUT2D eigenvalue weighted by Gasteiger charge is -2.24. The number of nitrogens with one attached hydrogen (secondary N) is 1. The summed E-state index contributed by atoms with van der Waals surface area (Å²) in [6.07, 6.45) is 4.77. The van der Waals surface area contributed by atoms with Crippen LogP contribution in [0.1, 0.15) is 18.5 Å². The van der Waals surface area contributed by atoms with Crippen molar-refractivity contribution in [3.63, 3.8) is 0 Å². The summed E-state index contributed by atoms with van der Waals surface area (Å²) < 4.78 is 7.47. The normalized spacial score (nSPS) is 20.4. The van der Waals surface area contributed by atoms with Crippen LogP contribution in [0.25, 0.3) is 4.96 Å². The van der Waals surface area contributed by atoms with Crippen LogP contribution in [0.4, 0.5) is 0 Å². The SMILES string of the molecule is c1cn2c(CNC3CC3)c(SC3COC3)nc2s1. The second-order valence-electron chi connectivity index (χ2n) is 4.85. The Morgan fingerprint density at radius 3 is 3.11 bits per heavy atom. The van der Waals surface area contributed by atoms with Crippen LogP contribution in [-0.2, 0) is 11.3 Å². The Kier molecular flexibility index (Phi) is 2.83. The Hall–Kier alpha value is -0.560. The van der Waals surface area contributed by atoms with E-state index in [-0.39, 0.29) is 0 Å². The number of thioether (sulfide) groups is 1. The lowest BCUT2D eigenvalue weighted by Crippen LogP contribution is -2.30. The van der Waals surface area contributed by atoms with Crippen molar-refractivity contribution >= 4 is 28.1 Å². The third-order valence-electron chi connectivity index (χ3n) is 3.35. The predicted octanol–water partition coefficient (Wildman–Crippen LogP) is 2.14. The maximum atomic E-state index is 5.24. The molecule has 1 saturated carbocycles. The molecule has 4 rings (SSSR count). The average molecular weight is 281 g/mol. The maximum Gasteiger partial charge on any atom is 0.194 e. The summed E-state index contributed by atoms with van der Waals surface area (Å²) in [4.78, 5) is 5.84. The van der Waals surface area contributed by atoms with E-state index in [1.807, 2.05) is 11.8 Å². The second-order valence-corrected chi connectivity index (χ2v) is 7.01. The van der Waals surface area contributed by atoms with Crippen molar-refractivity contribution in [1.82, 2.24) is 14.7 Å². The number of ether oxygens (including phenoxy) is 1. The quantitative estimate of drug-likeness (QED) is 0.911. The molecule has 96 valence electrons. The van der Waals surface area contributed by atoms with Gasteiger partial charge in [0.05, 0.1) is 24.2 Å². The number of fused-ring (bicyclic) bond motifs is 1. The Morgan fingerprint density at radius 2 is 2.39 bits per heavy atom. The van der Waals surface area contributed by atoms with Gasteiger partial charge < -0.3 is 10.1 Å². The Balaban J connectivity index is 1.60. The molecule has 6 heteroatoms. The van der Waals surface area contributed by atoms with E-state index in [0.717, 1.165) is 30.8 Å². The van der Waals surface area contributed by atoms with Crippen LogP contribution in [0.2, 0.25) is 0 Å². The number of aromatic nitrogens is 2. The van der Waals surface area contributed by atoms with Crippen molar-refractivity contribution in [2.24, 2.45) is 0 Å². The van der Waals surface area contributed by atoms with E-state index in [1.54, 1.807) is 11.3 Å². The van der Waals surface area contributed by atoms with Crippen LogP contribution in [0.5, 0.6) is 0 Å². The minimum Gasteiger partial charge on any atom is -0.379 e. The van der Waals surface area contributed by atoms with Crippen molar-refractivity contribution < 1.29 is 4.74 Å². The third-order valence-corrected chi connectivity index (χ3v) is 5.26. The molecule has 4 nitrogen and oxygen atoms in total. The lowest BCUT2D eigenvalue weighted by atomic mass is 10.4. The molecular formula is C12H15N3OS2. The molecule has 18 heavy (non-hydrogen) atoms. The topological polar surface area (TPSA) is 38.6 Å². The number of rotatable bonds is 5. The summed E-state index contributed by atoms with van der Waals surface area (Å²) in [6, 6.07) is 0.735. The van der Waals surface area contributed by atoms with E-state index in [0.29, 0.717) is 5.25 Å². The van der Waals surface area contributed by atoms with Gasteiger partial charge in [-0.1, -0.05) is 11.8 Å². The van der Waals surface area contributed by atoms with Crippen LogP contribution in [-0.4, -0.2) is 33.9 Å². The van der Waals surface area contributed by atoms with Crippen molar-refractivity contribution in [3.8, 4) is 0 Å². The van der Waals surface area contributed by atoms with E-state index >= 15 is 0 Å². The van der Waals surface area contributed by atoms with Gasteiger partial charge in [-0.2, -0.15) is 0 Å². The van der Waals surface area contributed by atoms with Gasteiger partial charge in [-0.25, -0.2) is 4.98 Å². The molecule has 0 aromatic carbocycles. The lowest BCUT2D eigenvalue weighted by molar-refractivity contribution is 0.0454. The number of hydrogen-bond acceptors (Lipinski definition) is 5. The summed E-state index contributed by atoms with van der Waals surface area (Å²) in [5.41, 5.74) is 1.31. The maximum absolute atomic E-state index is 5.24. The second kappa shape index (κ2) is 4.52. The van der Waals surface area contributed by atoms with Crippen LogP contribution in [0.15, 0.2) is 16.6 Å². The monoisotopic (exact) mass is 281 g/mol. The standard InChI is InChI=1S/C12H15N3OS2/c1-2-8(1)13-5-10-11(18-9-6-16-7-9)14-12-15(10)3-4-17-12/h3-4,8-9,13H,1-2,5-7H2. The summed E-state index contributed by atoms with van der Waals surface area (Å²) in [7, 11) is 0. The molecule has 0 spiro atoms. The van der Waals surface area contributed by atoms with E-state index in [4.69, 9.17) is 9.72 Å². The fourth-order valence-electron chi connectivity index (χ4n) is 2.04. The number of imidazole rings is 1. The number of thiazole rings is 1. The highest BCUT2D eigenvalue weighted by molar-refractivity contribution is 8.00. The highest BCUT2D eigenvalue weighted by Crippen LogP contribution is 2.32. The van der Waals surface area contributed by atoms with Crippen molar-refractivity contribution in [3.05, 3.63) is 17.3 Å². The first-order valence-electron chi connectivity index (χ1n) is 6.32. The fraction of sp³-hybridized carbons (Fsp3) is 0.583. The van der Waals surface area contributed by atoms with Gasteiger partial charge >= 0.3 is 0 Å². The molecule has 0 bridgehead atoms. The first-order valence-corrected chi connectivity index (χ1v) is 8.08. The van der Waals surface area contributed by atoms with Gasteiger partial charge in [-0.3, -0.25) is 4.40 Å². The van der Waals surface area contributed by atoms with Gasteiger partial charge in [0, 0.05) is 24.2 Å². The van der Waals surface area contributed by atoms with Crippen molar-refractivity contribution in [1.29, 1.82) is 0 Å². The van der Waals surface area contributed by atoms with Gasteiger partial charge in [0.25, 0.3) is 0 Å². The van der Waals surface area contributed by atoms with Gasteiger partial charge in [-0.05, 0) is 12.8 Å². The van der Waals surface area contributed by atoms with E-state index in [2.05, 4.69) is 21.3 Å². The first-order chi connectivity index (χ1) is 8.90. The van der Waals surface area contributed by atoms with Gasteiger partial charge in [0.2, 0.25) is 0 Å². The molecule has 1 aliphatic heterocycles. The Labute approximate surface area is 114 Å². The molecule has 0 unspecified atom stereocenters. The molecule has 0 radical (unpaired) electrons. The first kappa shape index (κ1) is 11.3. The average Bonchev–Trinajstić information content (AvgIpc) is 2.92. The van der Waals surface area contributed by atoms with Crippen LogP contribution >= 0.6 is 23.1 Å². The van der Waals surface area contributed by atoms with Crippen LogP contribution in [0, 0.1) is 0 Å². The van der Waals surface area contributed by atoms with E-state index < -0.39 is 0 Å². The third kappa shape index (κ3) is 2.07. The van der Waals surface area contributed by atoms with Crippen molar-refractivity contribution in [2.45, 2.75) is 35.7 Å². The summed E-state index contributed by atoms with van der Waals surface area (Å²) in [5, 5.41) is 7.47. The molecule has 2 aromatic heterocycles.